The van der Waals surface area contributed by atoms with Crippen LogP contribution in [0.1, 0.15) is 31.9 Å². The molecule has 1 rings (SSSR count). The van der Waals surface area contributed by atoms with E-state index < -0.39 is 0 Å². The van der Waals surface area contributed by atoms with E-state index in [4.69, 9.17) is 9.47 Å². The van der Waals surface area contributed by atoms with Gasteiger partial charge in [-0.1, -0.05) is 12.1 Å². The molecule has 0 saturated heterocycles. The van der Waals surface area contributed by atoms with Gasteiger partial charge in [0.25, 0.3) is 0 Å². The molecule has 1 amide bonds. The van der Waals surface area contributed by atoms with Gasteiger partial charge in [-0.3, -0.25) is 9.79 Å². The lowest BCUT2D eigenvalue weighted by atomic mass is 10.1. The summed E-state index contributed by atoms with van der Waals surface area (Å²) in [6.07, 6.45) is 0. The molecule has 7 heteroatoms. The van der Waals surface area contributed by atoms with Gasteiger partial charge in [-0.05, 0) is 39.3 Å². The molecule has 0 aromatic heterocycles. The van der Waals surface area contributed by atoms with Crippen molar-refractivity contribution in [3.05, 3.63) is 29.3 Å². The third-order valence-electron chi connectivity index (χ3n) is 3.37. The third kappa shape index (κ3) is 8.71. The van der Waals surface area contributed by atoms with Crippen LogP contribution in [0.2, 0.25) is 0 Å². The van der Waals surface area contributed by atoms with Crippen LogP contribution in [0.3, 0.4) is 0 Å². The Bertz CT molecular complexity index is 609. The van der Waals surface area contributed by atoms with Gasteiger partial charge >= 0.3 is 0 Å². The molecule has 0 fully saturated rings. The predicted octanol–water partition coefficient (Wildman–Crippen LogP) is 1.60. The molecule has 0 atom stereocenters. The Labute approximate surface area is 156 Å². The Morgan fingerprint density at radius 2 is 1.92 bits per heavy atom. The largest absolute Gasteiger partial charge is 0.491 e. The van der Waals surface area contributed by atoms with Crippen molar-refractivity contribution >= 4 is 11.9 Å². The molecule has 146 valence electrons. The molecule has 0 aliphatic heterocycles. The summed E-state index contributed by atoms with van der Waals surface area (Å²) in [6, 6.07) is 6.05. The van der Waals surface area contributed by atoms with E-state index in [-0.39, 0.29) is 18.0 Å². The Morgan fingerprint density at radius 3 is 2.54 bits per heavy atom. The van der Waals surface area contributed by atoms with Crippen LogP contribution in [-0.2, 0) is 16.1 Å². The van der Waals surface area contributed by atoms with Crippen LogP contribution in [0.5, 0.6) is 5.75 Å². The van der Waals surface area contributed by atoms with Gasteiger partial charge in [0.15, 0.2) is 5.96 Å². The lowest BCUT2D eigenvalue weighted by molar-refractivity contribution is -0.121. The van der Waals surface area contributed by atoms with Crippen molar-refractivity contribution in [1.82, 2.24) is 16.0 Å². The summed E-state index contributed by atoms with van der Waals surface area (Å²) in [6.45, 7) is 9.57. The van der Waals surface area contributed by atoms with E-state index in [1.807, 2.05) is 45.9 Å². The number of carbonyl (C=O) groups excluding carboxylic acids is 1. The Morgan fingerprint density at radius 1 is 1.19 bits per heavy atom. The van der Waals surface area contributed by atoms with Crippen LogP contribution in [0, 0.1) is 6.92 Å². The van der Waals surface area contributed by atoms with Gasteiger partial charge in [0.05, 0.1) is 13.2 Å². The predicted molar refractivity (Wildman–Crippen MR) is 105 cm³/mol. The highest BCUT2D eigenvalue weighted by Crippen LogP contribution is 2.20. The first-order valence-corrected chi connectivity index (χ1v) is 8.72. The Balaban J connectivity index is 2.59. The molecule has 1 aromatic carbocycles. The smallest absolute Gasteiger partial charge is 0.239 e. The summed E-state index contributed by atoms with van der Waals surface area (Å²) in [4.78, 5) is 16.1. The minimum atomic E-state index is -0.258. The second kappa shape index (κ2) is 10.7. The van der Waals surface area contributed by atoms with Crippen molar-refractivity contribution in [2.75, 3.05) is 33.9 Å². The standard InChI is InChI=1S/C19H32N4O3/c1-14-7-8-15(16(11-14)26-10-9-25-6)12-21-18(20-5)22-13-17(24)23-19(2,3)4/h7-8,11H,9-10,12-13H2,1-6H3,(H,23,24)(H2,20,21,22). The van der Waals surface area contributed by atoms with E-state index in [1.165, 1.54) is 0 Å². The number of nitrogens with one attached hydrogen (secondary N) is 3. The number of rotatable bonds is 8. The molecule has 0 aliphatic rings. The van der Waals surface area contributed by atoms with E-state index in [0.717, 1.165) is 16.9 Å². The maximum absolute atomic E-state index is 11.9. The molecule has 0 bridgehead atoms. The van der Waals surface area contributed by atoms with Gasteiger partial charge in [0, 0.05) is 31.8 Å². The monoisotopic (exact) mass is 364 g/mol. The fourth-order valence-electron chi connectivity index (χ4n) is 2.20. The van der Waals surface area contributed by atoms with E-state index in [2.05, 4.69) is 20.9 Å². The van der Waals surface area contributed by atoms with Crippen LogP contribution in [0.15, 0.2) is 23.2 Å². The number of amides is 1. The third-order valence-corrected chi connectivity index (χ3v) is 3.37. The number of carbonyl (C=O) groups is 1. The quantitative estimate of drug-likeness (QED) is 0.371. The number of aliphatic imine (C=N–C) groups is 1. The number of hydrogen-bond acceptors (Lipinski definition) is 4. The van der Waals surface area contributed by atoms with Crippen molar-refractivity contribution in [2.45, 2.75) is 39.8 Å². The number of guanidine groups is 1. The molecule has 0 unspecified atom stereocenters. The summed E-state index contributed by atoms with van der Waals surface area (Å²) in [5.74, 6) is 1.28. The second-order valence-corrected chi connectivity index (χ2v) is 7.03. The summed E-state index contributed by atoms with van der Waals surface area (Å²) in [7, 11) is 3.32. The molecule has 0 heterocycles. The first kappa shape index (κ1) is 21.8. The minimum Gasteiger partial charge on any atom is -0.491 e. The van der Waals surface area contributed by atoms with Gasteiger partial charge in [-0.2, -0.15) is 0 Å². The van der Waals surface area contributed by atoms with Gasteiger partial charge in [-0.15, -0.1) is 0 Å². The van der Waals surface area contributed by atoms with Crippen molar-refractivity contribution in [3.8, 4) is 5.75 Å². The number of benzene rings is 1. The highest BCUT2D eigenvalue weighted by molar-refractivity contribution is 5.86. The van der Waals surface area contributed by atoms with Crippen LogP contribution >= 0.6 is 0 Å². The summed E-state index contributed by atoms with van der Waals surface area (Å²) in [5, 5.41) is 9.11. The highest BCUT2D eigenvalue weighted by Gasteiger charge is 2.14. The van der Waals surface area contributed by atoms with Crippen molar-refractivity contribution in [2.24, 2.45) is 4.99 Å². The maximum Gasteiger partial charge on any atom is 0.239 e. The van der Waals surface area contributed by atoms with E-state index in [1.54, 1.807) is 14.2 Å². The number of aryl methyl sites for hydroxylation is 1. The fourth-order valence-corrected chi connectivity index (χ4v) is 2.20. The number of methoxy groups -OCH3 is 1. The van der Waals surface area contributed by atoms with Crippen LogP contribution < -0.4 is 20.7 Å². The molecule has 7 nitrogen and oxygen atoms in total. The topological polar surface area (TPSA) is 84.0 Å². The molecular formula is C19H32N4O3. The Kier molecular flexibility index (Phi) is 8.92. The van der Waals surface area contributed by atoms with E-state index >= 15 is 0 Å². The first-order valence-electron chi connectivity index (χ1n) is 8.72. The maximum atomic E-state index is 11.9. The van der Waals surface area contributed by atoms with Crippen LogP contribution in [0.25, 0.3) is 0 Å². The zero-order valence-electron chi connectivity index (χ0n) is 16.7. The average Bonchev–Trinajstić information content (AvgIpc) is 2.55. The fraction of sp³-hybridized carbons (Fsp3) is 0.579. The van der Waals surface area contributed by atoms with Crippen LogP contribution in [0.4, 0.5) is 0 Å². The van der Waals surface area contributed by atoms with Gasteiger partial charge in [0.2, 0.25) is 5.91 Å². The summed E-state index contributed by atoms with van der Waals surface area (Å²) < 4.78 is 10.8. The number of hydrogen-bond donors (Lipinski definition) is 3. The summed E-state index contributed by atoms with van der Waals surface area (Å²) in [5.41, 5.74) is 1.88. The SMILES string of the molecule is CN=C(NCC(=O)NC(C)(C)C)NCc1ccc(C)cc1OCCOC. The van der Waals surface area contributed by atoms with Gasteiger partial charge in [0.1, 0.15) is 12.4 Å². The van der Waals surface area contributed by atoms with Gasteiger partial charge in [-0.25, -0.2) is 0 Å². The van der Waals surface area contributed by atoms with Crippen molar-refractivity contribution < 1.29 is 14.3 Å². The molecule has 3 N–H and O–H groups in total. The minimum absolute atomic E-state index is 0.0839. The molecular weight excluding hydrogens is 332 g/mol. The lowest BCUT2D eigenvalue weighted by Crippen LogP contribution is -2.48. The van der Waals surface area contributed by atoms with Gasteiger partial charge < -0.3 is 25.4 Å². The van der Waals surface area contributed by atoms with E-state index in [0.29, 0.717) is 25.7 Å². The second-order valence-electron chi connectivity index (χ2n) is 7.03. The highest BCUT2D eigenvalue weighted by atomic mass is 16.5. The zero-order valence-corrected chi connectivity index (χ0v) is 16.7. The summed E-state index contributed by atoms with van der Waals surface area (Å²) >= 11 is 0. The lowest BCUT2D eigenvalue weighted by Gasteiger charge is -2.21. The molecule has 0 saturated carbocycles. The Hall–Kier alpha value is -2.28. The molecule has 0 spiro atoms. The molecule has 0 radical (unpaired) electrons. The number of ether oxygens (including phenoxy) is 2. The van der Waals surface area contributed by atoms with Crippen molar-refractivity contribution in [3.63, 3.8) is 0 Å². The molecule has 0 aliphatic carbocycles. The van der Waals surface area contributed by atoms with E-state index in [9.17, 15) is 4.79 Å². The average molecular weight is 364 g/mol. The normalized spacial score (nSPS) is 11.8. The first-order chi connectivity index (χ1) is 12.2. The number of nitrogens with zero attached hydrogens (tertiary/aromatic N) is 1. The molecule has 26 heavy (non-hydrogen) atoms. The van der Waals surface area contributed by atoms with Crippen LogP contribution in [-0.4, -0.2) is 51.3 Å². The van der Waals surface area contributed by atoms with Crippen molar-refractivity contribution in [1.29, 1.82) is 0 Å². The zero-order chi connectivity index (χ0) is 19.6. The molecule has 1 aromatic rings.